The number of phenols is 1. The Kier molecular flexibility index (Phi) is 2.73. The maximum atomic E-state index is 9.34. The lowest BCUT2D eigenvalue weighted by molar-refractivity contribution is 0.254. The third kappa shape index (κ3) is 1.90. The van der Waals surface area contributed by atoms with Crippen LogP contribution in [0.25, 0.3) is 0 Å². The van der Waals surface area contributed by atoms with Crippen molar-refractivity contribution in [1.29, 1.82) is 0 Å². The van der Waals surface area contributed by atoms with Gasteiger partial charge in [-0.25, -0.2) is 0 Å². The number of benzene rings is 1. The van der Waals surface area contributed by atoms with Crippen molar-refractivity contribution in [3.63, 3.8) is 0 Å². The van der Waals surface area contributed by atoms with E-state index in [9.17, 15) is 5.11 Å². The molecule has 1 aromatic carbocycles. The Morgan fingerprint density at radius 2 is 2.21 bits per heavy atom. The van der Waals surface area contributed by atoms with Crippen LogP contribution in [0.15, 0.2) is 18.2 Å². The number of hydrogen-bond acceptors (Lipinski definition) is 2. The molecule has 0 saturated carbocycles. The average molecular weight is 191 g/mol. The minimum Gasteiger partial charge on any atom is -0.508 e. The molecule has 0 saturated heterocycles. The highest BCUT2D eigenvalue weighted by molar-refractivity contribution is 5.36. The molecule has 14 heavy (non-hydrogen) atoms. The lowest BCUT2D eigenvalue weighted by Crippen LogP contribution is -2.30. The summed E-state index contributed by atoms with van der Waals surface area (Å²) in [4.78, 5) is 2.47. The first-order valence-corrected chi connectivity index (χ1v) is 5.32. The quantitative estimate of drug-likeness (QED) is 0.774. The van der Waals surface area contributed by atoms with Gasteiger partial charge in [0.2, 0.25) is 0 Å². The zero-order chi connectivity index (χ0) is 9.97. The Morgan fingerprint density at radius 1 is 1.36 bits per heavy atom. The van der Waals surface area contributed by atoms with Crippen molar-refractivity contribution in [3.8, 4) is 5.75 Å². The van der Waals surface area contributed by atoms with Crippen molar-refractivity contribution in [2.24, 2.45) is 0 Å². The van der Waals surface area contributed by atoms with Gasteiger partial charge in [0, 0.05) is 13.1 Å². The van der Waals surface area contributed by atoms with Crippen molar-refractivity contribution in [2.45, 2.75) is 26.3 Å². The van der Waals surface area contributed by atoms with E-state index in [1.165, 1.54) is 24.1 Å². The van der Waals surface area contributed by atoms with Gasteiger partial charge >= 0.3 is 0 Å². The van der Waals surface area contributed by atoms with E-state index < -0.39 is 0 Å². The number of nitrogens with zero attached hydrogens (tertiary/aromatic N) is 1. The first-order chi connectivity index (χ1) is 6.79. The molecule has 0 aromatic heterocycles. The van der Waals surface area contributed by atoms with Crippen LogP contribution in [0.2, 0.25) is 0 Å². The predicted molar refractivity (Wildman–Crippen MR) is 57.4 cm³/mol. The van der Waals surface area contributed by atoms with Crippen LogP contribution in [0.3, 0.4) is 0 Å². The van der Waals surface area contributed by atoms with Crippen LogP contribution in [0, 0.1) is 0 Å². The summed E-state index contributed by atoms with van der Waals surface area (Å²) in [7, 11) is 0. The Morgan fingerprint density at radius 3 is 3.00 bits per heavy atom. The van der Waals surface area contributed by atoms with Gasteiger partial charge in [0.1, 0.15) is 5.75 Å². The molecule has 0 fully saturated rings. The van der Waals surface area contributed by atoms with E-state index in [1.807, 2.05) is 12.1 Å². The minimum absolute atomic E-state index is 0.396. The zero-order valence-electron chi connectivity index (χ0n) is 8.66. The van der Waals surface area contributed by atoms with Crippen molar-refractivity contribution in [3.05, 3.63) is 29.3 Å². The highest BCUT2D eigenvalue weighted by Gasteiger charge is 2.15. The van der Waals surface area contributed by atoms with Gasteiger partial charge in [-0.2, -0.15) is 0 Å². The van der Waals surface area contributed by atoms with Crippen LogP contribution in [0.5, 0.6) is 5.75 Å². The van der Waals surface area contributed by atoms with Gasteiger partial charge in [0.15, 0.2) is 0 Å². The van der Waals surface area contributed by atoms with E-state index in [1.54, 1.807) is 6.07 Å². The normalized spacial score (nSPS) is 16.6. The summed E-state index contributed by atoms with van der Waals surface area (Å²) < 4.78 is 0. The molecule has 0 atom stereocenters. The van der Waals surface area contributed by atoms with E-state index in [0.717, 1.165) is 19.5 Å². The first-order valence-electron chi connectivity index (χ1n) is 5.32. The van der Waals surface area contributed by atoms with Crippen molar-refractivity contribution >= 4 is 0 Å². The van der Waals surface area contributed by atoms with Crippen LogP contribution in [-0.4, -0.2) is 23.1 Å². The maximum Gasteiger partial charge on any atom is 0.115 e. The fourth-order valence-electron chi connectivity index (χ4n) is 2.10. The van der Waals surface area contributed by atoms with Crippen LogP contribution in [0.4, 0.5) is 0 Å². The highest BCUT2D eigenvalue weighted by atomic mass is 16.3. The van der Waals surface area contributed by atoms with Crippen LogP contribution < -0.4 is 0 Å². The van der Waals surface area contributed by atoms with E-state index in [4.69, 9.17) is 0 Å². The average Bonchev–Trinajstić information content (AvgIpc) is 2.19. The summed E-state index contributed by atoms with van der Waals surface area (Å²) in [5, 5.41) is 9.34. The first kappa shape index (κ1) is 9.53. The van der Waals surface area contributed by atoms with E-state index >= 15 is 0 Å². The zero-order valence-corrected chi connectivity index (χ0v) is 8.66. The molecule has 2 heteroatoms. The number of aromatic hydroxyl groups is 1. The number of phenolic OH excluding ortho intramolecular Hbond substituents is 1. The molecule has 1 aliphatic heterocycles. The lowest BCUT2D eigenvalue weighted by atomic mass is 9.99. The molecule has 0 bridgehead atoms. The van der Waals surface area contributed by atoms with Gasteiger partial charge in [-0.15, -0.1) is 0 Å². The minimum atomic E-state index is 0.396. The largest absolute Gasteiger partial charge is 0.508 e. The second-order valence-electron chi connectivity index (χ2n) is 3.98. The van der Waals surface area contributed by atoms with E-state index in [2.05, 4.69) is 11.8 Å². The SMILES string of the molecule is CCCN1CCc2cc(O)ccc2C1. The predicted octanol–water partition coefficient (Wildman–Crippen LogP) is 2.16. The maximum absolute atomic E-state index is 9.34. The Bertz CT molecular complexity index is 322. The molecule has 1 N–H and O–H groups in total. The highest BCUT2D eigenvalue weighted by Crippen LogP contribution is 2.22. The van der Waals surface area contributed by atoms with Gasteiger partial charge in [-0.05, 0) is 42.6 Å². The third-order valence-electron chi connectivity index (χ3n) is 2.82. The molecule has 1 aromatic rings. The molecule has 1 aliphatic rings. The number of hydrogen-bond donors (Lipinski definition) is 1. The number of fused-ring (bicyclic) bond motifs is 1. The molecule has 0 aliphatic carbocycles. The summed E-state index contributed by atoms with van der Waals surface area (Å²) in [5.74, 6) is 0.396. The summed E-state index contributed by atoms with van der Waals surface area (Å²) in [5.41, 5.74) is 2.69. The Labute approximate surface area is 85.2 Å². The van der Waals surface area contributed by atoms with Crippen molar-refractivity contribution in [1.82, 2.24) is 4.90 Å². The molecule has 0 amide bonds. The van der Waals surface area contributed by atoms with Crippen LogP contribution >= 0.6 is 0 Å². The Hall–Kier alpha value is -1.02. The second-order valence-corrected chi connectivity index (χ2v) is 3.98. The van der Waals surface area contributed by atoms with Gasteiger partial charge in [0.25, 0.3) is 0 Å². The molecule has 0 unspecified atom stereocenters. The second kappa shape index (κ2) is 4.01. The van der Waals surface area contributed by atoms with Gasteiger partial charge < -0.3 is 5.11 Å². The van der Waals surface area contributed by atoms with E-state index in [0.29, 0.717) is 5.75 Å². The van der Waals surface area contributed by atoms with Crippen LogP contribution in [-0.2, 0) is 13.0 Å². The fourth-order valence-corrected chi connectivity index (χ4v) is 2.10. The van der Waals surface area contributed by atoms with Gasteiger partial charge in [0.05, 0.1) is 0 Å². The molecular weight excluding hydrogens is 174 g/mol. The lowest BCUT2D eigenvalue weighted by Gasteiger charge is -2.28. The molecule has 0 radical (unpaired) electrons. The number of rotatable bonds is 2. The third-order valence-corrected chi connectivity index (χ3v) is 2.82. The topological polar surface area (TPSA) is 23.5 Å². The van der Waals surface area contributed by atoms with Crippen molar-refractivity contribution < 1.29 is 5.11 Å². The molecule has 2 rings (SSSR count). The summed E-state index contributed by atoms with van der Waals surface area (Å²) in [6.07, 6.45) is 2.29. The van der Waals surface area contributed by atoms with Gasteiger partial charge in [-0.1, -0.05) is 13.0 Å². The standard InChI is InChI=1S/C12H17NO/c1-2-6-13-7-5-10-8-12(14)4-3-11(10)9-13/h3-4,8,14H,2,5-7,9H2,1H3. The summed E-state index contributed by atoms with van der Waals surface area (Å²) in [6.45, 7) is 5.57. The van der Waals surface area contributed by atoms with Crippen LogP contribution in [0.1, 0.15) is 24.5 Å². The molecular formula is C12H17NO. The molecule has 1 heterocycles. The smallest absolute Gasteiger partial charge is 0.115 e. The fraction of sp³-hybridized carbons (Fsp3) is 0.500. The monoisotopic (exact) mass is 191 g/mol. The van der Waals surface area contributed by atoms with Crippen molar-refractivity contribution in [2.75, 3.05) is 13.1 Å². The molecule has 0 spiro atoms. The summed E-state index contributed by atoms with van der Waals surface area (Å²) in [6, 6.07) is 5.74. The van der Waals surface area contributed by atoms with E-state index in [-0.39, 0.29) is 0 Å². The Balaban J connectivity index is 2.15. The molecule has 2 nitrogen and oxygen atoms in total. The summed E-state index contributed by atoms with van der Waals surface area (Å²) >= 11 is 0. The van der Waals surface area contributed by atoms with Gasteiger partial charge in [-0.3, -0.25) is 4.90 Å². The molecule has 76 valence electrons.